The van der Waals surface area contributed by atoms with Crippen LogP contribution in [0, 0.1) is 0 Å². The molecule has 0 N–H and O–H groups in total. The number of rotatable bonds is 3. The molecule has 0 unspecified atom stereocenters. The van der Waals surface area contributed by atoms with Crippen molar-refractivity contribution in [3.05, 3.63) is 42.4 Å². The smallest absolute Gasteiger partial charge is 0.255 e. The highest BCUT2D eigenvalue weighted by Gasteiger charge is 2.22. The van der Waals surface area contributed by atoms with E-state index in [1.165, 1.54) is 0 Å². The third kappa shape index (κ3) is 4.16. The number of hydrogen-bond acceptors (Lipinski definition) is 7. The molecule has 8 heteroatoms. The summed E-state index contributed by atoms with van der Waals surface area (Å²) in [4.78, 5) is 32.2. The fraction of sp³-hybridized carbons (Fsp3) is 0.474. The van der Waals surface area contributed by atoms with E-state index in [1.807, 2.05) is 23.1 Å². The minimum Gasteiger partial charge on any atom is -0.378 e. The molecule has 2 saturated heterocycles. The zero-order chi connectivity index (χ0) is 18.5. The van der Waals surface area contributed by atoms with Gasteiger partial charge in [-0.25, -0.2) is 15.0 Å². The molecular weight excluding hydrogens is 344 g/mol. The van der Waals surface area contributed by atoms with E-state index in [-0.39, 0.29) is 5.91 Å². The van der Waals surface area contributed by atoms with Crippen molar-refractivity contribution < 1.29 is 9.53 Å². The number of carbonyl (C=O) groups is 1. The molecule has 142 valence electrons. The Kier molecular flexibility index (Phi) is 5.43. The molecule has 8 nitrogen and oxygen atoms in total. The van der Waals surface area contributed by atoms with Gasteiger partial charge in [0.1, 0.15) is 5.82 Å². The third-order valence-electron chi connectivity index (χ3n) is 4.95. The maximum absolute atomic E-state index is 12.9. The summed E-state index contributed by atoms with van der Waals surface area (Å²) in [6.45, 7) is 6.08. The van der Waals surface area contributed by atoms with Gasteiger partial charge in [0.25, 0.3) is 5.91 Å². The van der Waals surface area contributed by atoms with Gasteiger partial charge >= 0.3 is 0 Å². The van der Waals surface area contributed by atoms with E-state index in [0.717, 1.165) is 64.1 Å². The van der Waals surface area contributed by atoms with Crippen LogP contribution in [0.4, 0.5) is 11.8 Å². The summed E-state index contributed by atoms with van der Waals surface area (Å²) in [5.41, 5.74) is 0.636. The molecule has 0 aliphatic carbocycles. The Morgan fingerprint density at radius 3 is 2.44 bits per heavy atom. The first-order valence-corrected chi connectivity index (χ1v) is 9.41. The lowest BCUT2D eigenvalue weighted by Gasteiger charge is -2.28. The maximum Gasteiger partial charge on any atom is 0.255 e. The zero-order valence-electron chi connectivity index (χ0n) is 15.3. The molecule has 1 amide bonds. The third-order valence-corrected chi connectivity index (χ3v) is 4.95. The van der Waals surface area contributed by atoms with Crippen LogP contribution >= 0.6 is 0 Å². The number of carbonyl (C=O) groups excluding carboxylic acids is 1. The van der Waals surface area contributed by atoms with Gasteiger partial charge in [0.15, 0.2) is 0 Å². The molecule has 4 rings (SSSR count). The molecule has 0 radical (unpaired) electrons. The van der Waals surface area contributed by atoms with Gasteiger partial charge in [-0.2, -0.15) is 0 Å². The number of nitrogens with zero attached hydrogens (tertiary/aromatic N) is 6. The van der Waals surface area contributed by atoms with Crippen molar-refractivity contribution in [2.24, 2.45) is 0 Å². The average Bonchev–Trinajstić information content (AvgIpc) is 3.01. The molecule has 0 spiro atoms. The monoisotopic (exact) mass is 368 g/mol. The van der Waals surface area contributed by atoms with Crippen molar-refractivity contribution in [1.29, 1.82) is 0 Å². The molecule has 0 saturated carbocycles. The summed E-state index contributed by atoms with van der Waals surface area (Å²) in [6, 6.07) is 5.62. The van der Waals surface area contributed by atoms with Gasteiger partial charge < -0.3 is 19.4 Å². The van der Waals surface area contributed by atoms with Gasteiger partial charge in [-0.1, -0.05) is 0 Å². The topological polar surface area (TPSA) is 74.7 Å². The van der Waals surface area contributed by atoms with Crippen LogP contribution in [0.15, 0.2) is 36.8 Å². The molecule has 0 bridgehead atoms. The summed E-state index contributed by atoms with van der Waals surface area (Å²) < 4.78 is 5.37. The molecular formula is C19H24N6O2. The fourth-order valence-electron chi connectivity index (χ4n) is 3.45. The van der Waals surface area contributed by atoms with Crippen LogP contribution in [0.5, 0.6) is 0 Å². The Bertz CT molecular complexity index is 749. The highest BCUT2D eigenvalue weighted by atomic mass is 16.5. The first-order chi connectivity index (χ1) is 13.3. The predicted molar refractivity (Wildman–Crippen MR) is 102 cm³/mol. The fourth-order valence-corrected chi connectivity index (χ4v) is 3.45. The van der Waals surface area contributed by atoms with Gasteiger partial charge in [-0.05, 0) is 24.6 Å². The average molecular weight is 368 g/mol. The van der Waals surface area contributed by atoms with Crippen LogP contribution in [0.2, 0.25) is 0 Å². The Hall–Kier alpha value is -2.74. The first kappa shape index (κ1) is 17.7. The van der Waals surface area contributed by atoms with Crippen molar-refractivity contribution in [1.82, 2.24) is 19.9 Å². The quantitative estimate of drug-likeness (QED) is 0.802. The Morgan fingerprint density at radius 1 is 0.889 bits per heavy atom. The van der Waals surface area contributed by atoms with Gasteiger partial charge in [-0.15, -0.1) is 0 Å². The molecule has 2 aliphatic heterocycles. The summed E-state index contributed by atoms with van der Waals surface area (Å²) in [5, 5.41) is 0. The van der Waals surface area contributed by atoms with E-state index in [2.05, 4.69) is 24.8 Å². The van der Waals surface area contributed by atoms with E-state index in [9.17, 15) is 4.79 Å². The van der Waals surface area contributed by atoms with Gasteiger partial charge in [0.2, 0.25) is 5.95 Å². The van der Waals surface area contributed by atoms with Crippen molar-refractivity contribution in [2.45, 2.75) is 6.42 Å². The van der Waals surface area contributed by atoms with Crippen molar-refractivity contribution >= 4 is 17.7 Å². The minimum atomic E-state index is 0.0341. The maximum atomic E-state index is 12.9. The first-order valence-electron chi connectivity index (χ1n) is 9.41. The Morgan fingerprint density at radius 2 is 1.70 bits per heavy atom. The van der Waals surface area contributed by atoms with Crippen LogP contribution in [-0.2, 0) is 4.74 Å². The number of morpholine rings is 1. The lowest BCUT2D eigenvalue weighted by molar-refractivity contribution is 0.0766. The number of anilines is 2. The number of amides is 1. The lowest BCUT2D eigenvalue weighted by atomic mass is 10.2. The number of hydrogen-bond donors (Lipinski definition) is 0. The minimum absolute atomic E-state index is 0.0341. The lowest BCUT2D eigenvalue weighted by Crippen LogP contribution is -2.37. The summed E-state index contributed by atoms with van der Waals surface area (Å²) in [7, 11) is 0. The summed E-state index contributed by atoms with van der Waals surface area (Å²) in [5.74, 6) is 1.66. The van der Waals surface area contributed by atoms with E-state index < -0.39 is 0 Å². The van der Waals surface area contributed by atoms with E-state index >= 15 is 0 Å². The van der Waals surface area contributed by atoms with Crippen LogP contribution in [0.25, 0.3) is 0 Å². The molecule has 4 heterocycles. The molecule has 27 heavy (non-hydrogen) atoms. The van der Waals surface area contributed by atoms with Crippen LogP contribution in [0.3, 0.4) is 0 Å². The van der Waals surface area contributed by atoms with E-state index in [1.54, 1.807) is 18.6 Å². The summed E-state index contributed by atoms with van der Waals surface area (Å²) in [6.07, 6.45) is 6.08. The predicted octanol–water partition coefficient (Wildman–Crippen LogP) is 1.06. The van der Waals surface area contributed by atoms with Gasteiger partial charge in [-0.3, -0.25) is 4.79 Å². The van der Waals surface area contributed by atoms with E-state index in [4.69, 9.17) is 4.74 Å². The standard InChI is InChI=1S/C19H24N6O2/c26-18(16-3-4-17(22-15-16)23-11-13-27-14-12-23)24-7-2-8-25(10-9-24)19-20-5-1-6-21-19/h1,3-6,15H,2,7-14H2. The van der Waals surface area contributed by atoms with E-state index in [0.29, 0.717) is 12.1 Å². The normalized spacial score (nSPS) is 18.3. The molecule has 2 aromatic rings. The molecule has 0 aromatic carbocycles. The summed E-state index contributed by atoms with van der Waals surface area (Å²) >= 11 is 0. The number of aromatic nitrogens is 3. The number of pyridine rings is 1. The van der Waals surface area contributed by atoms with Crippen LogP contribution in [-0.4, -0.2) is 78.2 Å². The second-order valence-corrected chi connectivity index (χ2v) is 6.69. The SMILES string of the molecule is O=C(c1ccc(N2CCOCC2)nc1)N1CCCN(c2ncccn2)CC1. The Balaban J connectivity index is 1.39. The molecule has 2 fully saturated rings. The largest absolute Gasteiger partial charge is 0.378 e. The molecule has 2 aliphatic rings. The highest BCUT2D eigenvalue weighted by Crippen LogP contribution is 2.16. The van der Waals surface area contributed by atoms with Crippen molar-refractivity contribution in [3.8, 4) is 0 Å². The second kappa shape index (κ2) is 8.30. The van der Waals surface area contributed by atoms with Gasteiger partial charge in [0, 0.05) is 57.9 Å². The van der Waals surface area contributed by atoms with Crippen LogP contribution < -0.4 is 9.80 Å². The number of ether oxygens (including phenoxy) is 1. The molecule has 0 atom stereocenters. The highest BCUT2D eigenvalue weighted by molar-refractivity contribution is 5.94. The zero-order valence-corrected chi connectivity index (χ0v) is 15.3. The van der Waals surface area contributed by atoms with Crippen LogP contribution in [0.1, 0.15) is 16.8 Å². The Labute approximate surface area is 158 Å². The van der Waals surface area contributed by atoms with Crippen molar-refractivity contribution in [3.63, 3.8) is 0 Å². The van der Waals surface area contributed by atoms with Crippen molar-refractivity contribution in [2.75, 3.05) is 62.3 Å². The second-order valence-electron chi connectivity index (χ2n) is 6.69. The molecule has 2 aromatic heterocycles. The van der Waals surface area contributed by atoms with Gasteiger partial charge in [0.05, 0.1) is 18.8 Å².